The third-order valence-corrected chi connectivity index (χ3v) is 3.31. The quantitative estimate of drug-likeness (QED) is 0.617. The zero-order valence-corrected chi connectivity index (χ0v) is 14.4. The molecule has 1 atom stereocenters. The molecule has 1 aromatic carbocycles. The Balaban J connectivity index is 0.00000441. The number of halogens is 1. The van der Waals surface area contributed by atoms with Crippen LogP contribution in [0.3, 0.4) is 0 Å². The fourth-order valence-electron chi connectivity index (χ4n) is 2.23. The number of carbonyl (C=O) groups excluding carboxylic acids is 2. The van der Waals surface area contributed by atoms with Gasteiger partial charge in [0.2, 0.25) is 5.91 Å². The smallest absolute Gasteiger partial charge is 0.328 e. The van der Waals surface area contributed by atoms with E-state index >= 15 is 0 Å². The van der Waals surface area contributed by atoms with E-state index in [2.05, 4.69) is 10.2 Å². The highest BCUT2D eigenvalue weighted by Crippen LogP contribution is 2.17. The van der Waals surface area contributed by atoms with Crippen LogP contribution in [0, 0.1) is 0 Å². The molecule has 1 rings (SSSR count). The van der Waals surface area contributed by atoms with Gasteiger partial charge in [-0.15, -0.1) is 12.4 Å². The van der Waals surface area contributed by atoms with Crippen LogP contribution in [0.2, 0.25) is 0 Å². The Bertz CT molecular complexity index is 473. The number of hydrogen-bond donors (Lipinski definition) is 1. The van der Waals surface area contributed by atoms with E-state index in [1.54, 1.807) is 24.3 Å². The SMILES string of the molecule is CCC(C(=O)Oc1ccc(NC(C)=O)cc1)N(CC)CC.Cl. The topological polar surface area (TPSA) is 58.6 Å². The van der Waals surface area contributed by atoms with E-state index in [-0.39, 0.29) is 30.3 Å². The van der Waals surface area contributed by atoms with Gasteiger partial charge >= 0.3 is 5.97 Å². The Morgan fingerprint density at radius 2 is 1.68 bits per heavy atom. The van der Waals surface area contributed by atoms with Crippen LogP contribution in [-0.4, -0.2) is 35.9 Å². The molecule has 1 aromatic rings. The second-order valence-corrected chi connectivity index (χ2v) is 4.77. The Kier molecular flexibility index (Phi) is 9.45. The van der Waals surface area contributed by atoms with Gasteiger partial charge in [-0.05, 0) is 43.8 Å². The lowest BCUT2D eigenvalue weighted by Gasteiger charge is -2.26. The summed E-state index contributed by atoms with van der Waals surface area (Å²) < 4.78 is 5.42. The molecule has 1 amide bonds. The van der Waals surface area contributed by atoms with Gasteiger partial charge in [-0.2, -0.15) is 0 Å². The molecule has 5 nitrogen and oxygen atoms in total. The maximum absolute atomic E-state index is 12.2. The van der Waals surface area contributed by atoms with Gasteiger partial charge in [0.15, 0.2) is 0 Å². The minimum absolute atomic E-state index is 0. The second kappa shape index (κ2) is 10.2. The zero-order valence-electron chi connectivity index (χ0n) is 13.6. The van der Waals surface area contributed by atoms with Gasteiger partial charge < -0.3 is 10.1 Å². The van der Waals surface area contributed by atoms with Crippen LogP contribution in [-0.2, 0) is 9.59 Å². The van der Waals surface area contributed by atoms with E-state index in [9.17, 15) is 9.59 Å². The van der Waals surface area contributed by atoms with Crippen molar-refractivity contribution < 1.29 is 14.3 Å². The normalized spacial score (nSPS) is 11.5. The Labute approximate surface area is 138 Å². The summed E-state index contributed by atoms with van der Waals surface area (Å²) in [5.41, 5.74) is 0.679. The van der Waals surface area contributed by atoms with Crippen LogP contribution < -0.4 is 10.1 Å². The molecule has 1 unspecified atom stereocenters. The minimum Gasteiger partial charge on any atom is -0.425 e. The summed E-state index contributed by atoms with van der Waals surface area (Å²) >= 11 is 0. The van der Waals surface area contributed by atoms with Crippen molar-refractivity contribution in [3.63, 3.8) is 0 Å². The predicted molar refractivity (Wildman–Crippen MR) is 90.6 cm³/mol. The maximum atomic E-state index is 12.2. The van der Waals surface area contributed by atoms with E-state index in [0.717, 1.165) is 13.1 Å². The largest absolute Gasteiger partial charge is 0.425 e. The number of benzene rings is 1. The average molecular weight is 329 g/mol. The van der Waals surface area contributed by atoms with Crippen molar-refractivity contribution in [1.82, 2.24) is 4.90 Å². The zero-order chi connectivity index (χ0) is 15.8. The number of nitrogens with one attached hydrogen (secondary N) is 1. The van der Waals surface area contributed by atoms with E-state index in [0.29, 0.717) is 17.9 Å². The third-order valence-electron chi connectivity index (χ3n) is 3.31. The molecule has 0 aromatic heterocycles. The van der Waals surface area contributed by atoms with E-state index in [1.807, 2.05) is 20.8 Å². The number of amides is 1. The Morgan fingerprint density at radius 3 is 2.09 bits per heavy atom. The fourth-order valence-corrected chi connectivity index (χ4v) is 2.23. The molecule has 0 saturated carbocycles. The molecule has 22 heavy (non-hydrogen) atoms. The number of anilines is 1. The lowest BCUT2D eigenvalue weighted by atomic mass is 10.2. The summed E-state index contributed by atoms with van der Waals surface area (Å²) in [5, 5.41) is 2.67. The van der Waals surface area contributed by atoms with E-state index < -0.39 is 0 Å². The summed E-state index contributed by atoms with van der Waals surface area (Å²) in [6.07, 6.45) is 0.713. The molecule has 1 N–H and O–H groups in total. The van der Waals surface area contributed by atoms with E-state index in [4.69, 9.17) is 4.74 Å². The van der Waals surface area contributed by atoms with Crippen LogP contribution >= 0.6 is 12.4 Å². The van der Waals surface area contributed by atoms with Crippen LogP contribution in [0.15, 0.2) is 24.3 Å². The van der Waals surface area contributed by atoms with Gasteiger partial charge in [-0.1, -0.05) is 20.8 Å². The number of rotatable bonds is 7. The minimum atomic E-state index is -0.242. The molecule has 0 heterocycles. The van der Waals surface area contributed by atoms with Crippen molar-refractivity contribution in [3.8, 4) is 5.75 Å². The highest BCUT2D eigenvalue weighted by Gasteiger charge is 2.23. The van der Waals surface area contributed by atoms with Crippen LogP contribution in [0.4, 0.5) is 5.69 Å². The molecule has 0 aliphatic heterocycles. The standard InChI is InChI=1S/C16H24N2O3.ClH/c1-5-15(18(6-2)7-3)16(20)21-14-10-8-13(9-11-14)17-12(4)19;/h8-11,15H,5-7H2,1-4H3,(H,17,19);1H. The van der Waals surface area contributed by atoms with Crippen molar-refractivity contribution in [2.75, 3.05) is 18.4 Å². The van der Waals surface area contributed by atoms with Crippen LogP contribution in [0.5, 0.6) is 5.75 Å². The molecule has 0 aliphatic carbocycles. The second-order valence-electron chi connectivity index (χ2n) is 4.77. The molecular weight excluding hydrogens is 304 g/mol. The van der Waals surface area contributed by atoms with Crippen molar-refractivity contribution in [2.24, 2.45) is 0 Å². The molecule has 0 fully saturated rings. The first-order chi connectivity index (χ1) is 10.0. The lowest BCUT2D eigenvalue weighted by molar-refractivity contribution is -0.140. The van der Waals surface area contributed by atoms with Crippen molar-refractivity contribution in [1.29, 1.82) is 0 Å². The summed E-state index contributed by atoms with van der Waals surface area (Å²) in [5.74, 6) is 0.112. The van der Waals surface area contributed by atoms with Gasteiger partial charge in [0.05, 0.1) is 0 Å². The Hall–Kier alpha value is -1.59. The first-order valence-corrected chi connectivity index (χ1v) is 7.35. The van der Waals surface area contributed by atoms with Crippen molar-refractivity contribution >= 4 is 30.0 Å². The molecule has 0 aliphatic rings. The van der Waals surface area contributed by atoms with Gasteiger partial charge in [0.25, 0.3) is 0 Å². The van der Waals surface area contributed by atoms with Gasteiger partial charge in [0, 0.05) is 12.6 Å². The maximum Gasteiger partial charge on any atom is 0.328 e. The van der Waals surface area contributed by atoms with E-state index in [1.165, 1.54) is 6.92 Å². The molecule has 124 valence electrons. The monoisotopic (exact) mass is 328 g/mol. The number of hydrogen-bond acceptors (Lipinski definition) is 4. The number of nitrogens with zero attached hydrogens (tertiary/aromatic N) is 1. The summed E-state index contributed by atoms with van der Waals surface area (Å²) in [7, 11) is 0. The first-order valence-electron chi connectivity index (χ1n) is 7.35. The van der Waals surface area contributed by atoms with Gasteiger partial charge in [-0.25, -0.2) is 4.79 Å². The molecule has 6 heteroatoms. The molecule has 0 radical (unpaired) electrons. The lowest BCUT2D eigenvalue weighted by Crippen LogP contribution is -2.42. The molecule has 0 bridgehead atoms. The number of carbonyl (C=O) groups is 2. The summed E-state index contributed by atoms with van der Waals surface area (Å²) in [6, 6.07) is 6.55. The fraction of sp³-hybridized carbons (Fsp3) is 0.500. The van der Waals surface area contributed by atoms with Crippen molar-refractivity contribution in [3.05, 3.63) is 24.3 Å². The van der Waals surface area contributed by atoms with Crippen molar-refractivity contribution in [2.45, 2.75) is 40.2 Å². The number of esters is 1. The predicted octanol–water partition coefficient (Wildman–Crippen LogP) is 3.09. The van der Waals surface area contributed by atoms with Crippen LogP contribution in [0.1, 0.15) is 34.1 Å². The highest BCUT2D eigenvalue weighted by molar-refractivity contribution is 5.88. The third kappa shape index (κ3) is 6.03. The average Bonchev–Trinajstić information content (AvgIpc) is 2.45. The molecule has 0 saturated heterocycles. The number of ether oxygens (including phenoxy) is 1. The summed E-state index contributed by atoms with van der Waals surface area (Å²) in [4.78, 5) is 25.3. The van der Waals surface area contributed by atoms with Gasteiger partial charge in [0.1, 0.15) is 11.8 Å². The molecule has 0 spiro atoms. The van der Waals surface area contributed by atoms with Crippen LogP contribution in [0.25, 0.3) is 0 Å². The van der Waals surface area contributed by atoms with Gasteiger partial charge in [-0.3, -0.25) is 9.69 Å². The summed E-state index contributed by atoms with van der Waals surface area (Å²) in [6.45, 7) is 9.11. The number of likely N-dealkylation sites (N-methyl/N-ethyl adjacent to an activating group) is 1. The Morgan fingerprint density at radius 1 is 1.14 bits per heavy atom. The molecular formula is C16H25ClN2O3. The first kappa shape index (κ1) is 20.4. The highest BCUT2D eigenvalue weighted by atomic mass is 35.5.